The Morgan fingerprint density at radius 3 is 2.73 bits per heavy atom. The zero-order valence-electron chi connectivity index (χ0n) is 17.3. The minimum atomic E-state index is -0.839. The van der Waals surface area contributed by atoms with Crippen molar-refractivity contribution in [2.75, 3.05) is 5.01 Å². The van der Waals surface area contributed by atoms with E-state index in [9.17, 15) is 14.9 Å². The molecule has 3 aromatic carbocycles. The second-order valence-electron chi connectivity index (χ2n) is 7.33. The van der Waals surface area contributed by atoms with E-state index in [-0.39, 0.29) is 11.6 Å². The summed E-state index contributed by atoms with van der Waals surface area (Å²) in [5.41, 5.74) is 2.28. The fourth-order valence-electron chi connectivity index (χ4n) is 3.51. The Bertz CT molecular complexity index is 1460. The summed E-state index contributed by atoms with van der Waals surface area (Å²) >= 11 is 1.22. The number of hydrogen-bond donors (Lipinski definition) is 0. The molecule has 1 atom stereocenters. The van der Waals surface area contributed by atoms with Gasteiger partial charge in [0.05, 0.1) is 22.0 Å². The van der Waals surface area contributed by atoms with Gasteiger partial charge in [0.15, 0.2) is 6.04 Å². The number of carbonyl (C=O) groups is 1. The molecule has 10 heteroatoms. The van der Waals surface area contributed by atoms with Crippen LogP contribution in [-0.4, -0.2) is 27.6 Å². The molecule has 5 rings (SSSR count). The van der Waals surface area contributed by atoms with Crippen molar-refractivity contribution in [1.82, 2.24) is 4.98 Å². The number of hydrazone groups is 1. The Balaban J connectivity index is 1.39. The monoisotopic (exact) mass is 456 g/mol. The van der Waals surface area contributed by atoms with E-state index >= 15 is 0 Å². The number of hydrogen-bond acceptors (Lipinski definition) is 8. The number of rotatable bonds is 5. The normalized spacial score (nSPS) is 16.0. The van der Waals surface area contributed by atoms with Crippen LogP contribution < -0.4 is 5.01 Å². The fraction of sp³-hybridized carbons (Fsp3) is 0.0870. The predicted octanol–water partition coefficient (Wildman–Crippen LogP) is 5.75. The molecule has 4 aromatic rings. The number of nitro groups is 1. The third-order valence-electron chi connectivity index (χ3n) is 5.17. The van der Waals surface area contributed by atoms with E-state index in [1.165, 1.54) is 28.5 Å². The molecule has 0 N–H and O–H groups in total. The van der Waals surface area contributed by atoms with Crippen LogP contribution in [0.4, 0.5) is 16.5 Å². The van der Waals surface area contributed by atoms with Crippen molar-refractivity contribution in [3.8, 4) is 11.3 Å². The highest BCUT2D eigenvalue weighted by atomic mass is 32.1. The van der Waals surface area contributed by atoms with Gasteiger partial charge in [-0.15, -0.1) is 11.3 Å². The maximum atomic E-state index is 13.0. The maximum absolute atomic E-state index is 13.0. The van der Waals surface area contributed by atoms with Gasteiger partial charge in [-0.25, -0.2) is 4.98 Å². The first-order chi connectivity index (χ1) is 16.0. The molecule has 0 bridgehead atoms. The topological polar surface area (TPSA) is 113 Å². The number of thiazole rings is 1. The number of fused-ring (bicyclic) bond motifs is 1. The molecule has 1 aromatic heterocycles. The summed E-state index contributed by atoms with van der Waals surface area (Å²) in [5.74, 6) is -0.351. The van der Waals surface area contributed by atoms with Crippen LogP contribution in [0.25, 0.3) is 22.0 Å². The van der Waals surface area contributed by atoms with Gasteiger partial charge in [0.2, 0.25) is 5.13 Å². The Morgan fingerprint density at radius 1 is 1.09 bits per heavy atom. The summed E-state index contributed by atoms with van der Waals surface area (Å²) in [6, 6.07) is 18.9. The van der Waals surface area contributed by atoms with Crippen molar-refractivity contribution in [1.29, 1.82) is 0 Å². The van der Waals surface area contributed by atoms with Crippen LogP contribution in [0.1, 0.15) is 6.92 Å². The van der Waals surface area contributed by atoms with E-state index in [4.69, 9.17) is 0 Å². The van der Waals surface area contributed by atoms with E-state index in [0.29, 0.717) is 27.8 Å². The van der Waals surface area contributed by atoms with E-state index in [0.717, 1.165) is 10.8 Å². The summed E-state index contributed by atoms with van der Waals surface area (Å²) in [7, 11) is 0. The predicted molar refractivity (Wildman–Crippen MR) is 127 cm³/mol. The Kier molecular flexibility index (Phi) is 5.19. The highest BCUT2D eigenvalue weighted by Crippen LogP contribution is 2.32. The molecule has 0 saturated carbocycles. The Hall–Kier alpha value is -4.31. The van der Waals surface area contributed by atoms with Crippen molar-refractivity contribution in [2.45, 2.75) is 13.0 Å². The molecule has 1 aliphatic heterocycles. The van der Waals surface area contributed by atoms with Crippen molar-refractivity contribution in [3.63, 3.8) is 0 Å². The number of azo groups is 1. The van der Waals surface area contributed by atoms with Crippen LogP contribution in [0.15, 0.2) is 87.4 Å². The summed E-state index contributed by atoms with van der Waals surface area (Å²) in [4.78, 5) is 28.1. The number of amides is 1. The molecule has 0 unspecified atom stereocenters. The fourth-order valence-corrected chi connectivity index (χ4v) is 4.30. The van der Waals surface area contributed by atoms with E-state index < -0.39 is 11.0 Å². The van der Waals surface area contributed by atoms with Crippen LogP contribution in [0, 0.1) is 10.1 Å². The molecular formula is C23H16N6O3S. The Labute approximate surface area is 191 Å². The van der Waals surface area contributed by atoms with Crippen molar-refractivity contribution < 1.29 is 9.72 Å². The average molecular weight is 456 g/mol. The highest BCUT2D eigenvalue weighted by Gasteiger charge is 2.36. The summed E-state index contributed by atoms with van der Waals surface area (Å²) < 4.78 is 0. The second kappa shape index (κ2) is 8.32. The molecule has 9 nitrogen and oxygen atoms in total. The smallest absolute Gasteiger partial charge is 0.269 e. The molecule has 0 spiro atoms. The minimum absolute atomic E-state index is 0.0259. The number of anilines is 1. The first-order valence-corrected chi connectivity index (χ1v) is 10.9. The van der Waals surface area contributed by atoms with Gasteiger partial charge >= 0.3 is 0 Å². The largest absolute Gasteiger partial charge is 0.282 e. The lowest BCUT2D eigenvalue weighted by Gasteiger charge is -2.08. The number of carbonyl (C=O) groups excluding carboxylic acids is 1. The SMILES string of the molecule is CC1=NN(c2nc(-c3cccc([N+](=O)[O-])c3)cs2)C(=O)[C@@H]1N=Nc1cccc2ccccc12. The van der Waals surface area contributed by atoms with Gasteiger partial charge in [0.25, 0.3) is 11.6 Å². The third-order valence-corrected chi connectivity index (χ3v) is 5.99. The molecular weight excluding hydrogens is 440 g/mol. The maximum Gasteiger partial charge on any atom is 0.282 e. The second-order valence-corrected chi connectivity index (χ2v) is 8.17. The van der Waals surface area contributed by atoms with Crippen LogP contribution >= 0.6 is 11.3 Å². The number of benzene rings is 3. The van der Waals surface area contributed by atoms with Gasteiger partial charge in [-0.3, -0.25) is 14.9 Å². The summed E-state index contributed by atoms with van der Waals surface area (Å²) in [6.07, 6.45) is 0. The van der Waals surface area contributed by atoms with Gasteiger partial charge < -0.3 is 0 Å². The quantitative estimate of drug-likeness (QED) is 0.216. The van der Waals surface area contributed by atoms with Gasteiger partial charge in [-0.1, -0.05) is 48.5 Å². The van der Waals surface area contributed by atoms with Crippen molar-refractivity contribution in [2.24, 2.45) is 15.3 Å². The van der Waals surface area contributed by atoms with E-state index in [1.54, 1.807) is 24.4 Å². The molecule has 33 heavy (non-hydrogen) atoms. The number of non-ortho nitro benzene ring substituents is 1. The van der Waals surface area contributed by atoms with Gasteiger partial charge in [-0.2, -0.15) is 20.3 Å². The molecule has 1 amide bonds. The lowest BCUT2D eigenvalue weighted by Crippen LogP contribution is -2.29. The molecule has 0 saturated heterocycles. The molecule has 2 heterocycles. The number of nitro benzene ring substituents is 1. The van der Waals surface area contributed by atoms with Crippen LogP contribution in [-0.2, 0) is 4.79 Å². The first-order valence-electron chi connectivity index (χ1n) is 9.99. The van der Waals surface area contributed by atoms with Crippen molar-refractivity contribution >= 4 is 50.2 Å². The molecule has 0 fully saturated rings. The lowest BCUT2D eigenvalue weighted by atomic mass is 10.1. The number of nitrogens with zero attached hydrogens (tertiary/aromatic N) is 6. The standard InChI is InChI=1S/C23H16N6O3S/c1-14-21(26-25-19-11-5-7-15-6-2-3-10-18(15)19)22(30)28(27-14)23-24-20(13-33-23)16-8-4-9-17(12-16)29(31)32/h2-13,21H,1H3/t21-/m1/s1. The molecule has 0 radical (unpaired) electrons. The van der Waals surface area contributed by atoms with Crippen LogP contribution in [0.3, 0.4) is 0 Å². The lowest BCUT2D eigenvalue weighted by molar-refractivity contribution is -0.384. The Morgan fingerprint density at radius 2 is 1.88 bits per heavy atom. The van der Waals surface area contributed by atoms with Gasteiger partial charge in [0, 0.05) is 28.5 Å². The summed E-state index contributed by atoms with van der Waals surface area (Å²) in [5, 5.41) is 29.3. The van der Waals surface area contributed by atoms with Crippen LogP contribution in [0.2, 0.25) is 0 Å². The van der Waals surface area contributed by atoms with Gasteiger partial charge in [0.1, 0.15) is 0 Å². The van der Waals surface area contributed by atoms with Crippen molar-refractivity contribution in [3.05, 3.63) is 82.2 Å². The highest BCUT2D eigenvalue weighted by molar-refractivity contribution is 7.14. The number of aromatic nitrogens is 1. The zero-order valence-corrected chi connectivity index (χ0v) is 18.1. The van der Waals surface area contributed by atoms with Crippen LogP contribution in [0.5, 0.6) is 0 Å². The first kappa shape index (κ1) is 20.6. The molecule has 162 valence electrons. The van der Waals surface area contributed by atoms with E-state index in [2.05, 4.69) is 20.3 Å². The molecule has 0 aliphatic carbocycles. The summed E-state index contributed by atoms with van der Waals surface area (Å²) in [6.45, 7) is 1.72. The van der Waals surface area contributed by atoms with Gasteiger partial charge in [-0.05, 0) is 18.4 Å². The average Bonchev–Trinajstić information content (AvgIpc) is 3.42. The molecule has 1 aliphatic rings. The van der Waals surface area contributed by atoms with E-state index in [1.807, 2.05) is 42.5 Å². The minimum Gasteiger partial charge on any atom is -0.269 e. The third kappa shape index (κ3) is 3.87. The zero-order chi connectivity index (χ0) is 22.9.